The molecule has 3 rings (SSSR count). The molecule has 1 aliphatic heterocycles. The van der Waals surface area contributed by atoms with Crippen LogP contribution < -0.4 is 14.4 Å². The van der Waals surface area contributed by atoms with Gasteiger partial charge in [0.15, 0.2) is 11.5 Å². The van der Waals surface area contributed by atoms with E-state index in [9.17, 15) is 8.78 Å². The number of piperazine rings is 1. The zero-order valence-electron chi connectivity index (χ0n) is 15.1. The van der Waals surface area contributed by atoms with E-state index in [4.69, 9.17) is 4.74 Å². The topological polar surface area (TPSA) is 24.9 Å². The molecule has 1 heterocycles. The Morgan fingerprint density at radius 2 is 1.77 bits per heavy atom. The summed E-state index contributed by atoms with van der Waals surface area (Å²) in [7, 11) is 1.46. The molecule has 0 unspecified atom stereocenters. The summed E-state index contributed by atoms with van der Waals surface area (Å²) in [5.41, 5.74) is 3.55. The predicted octanol–water partition coefficient (Wildman–Crippen LogP) is 3.93. The molecule has 1 fully saturated rings. The van der Waals surface area contributed by atoms with E-state index in [1.165, 1.54) is 18.4 Å². The molecule has 1 saturated heterocycles. The minimum atomic E-state index is -2.86. The Hall–Kier alpha value is -2.34. The highest BCUT2D eigenvalue weighted by atomic mass is 19.3. The van der Waals surface area contributed by atoms with Gasteiger partial charge in [-0.3, -0.25) is 4.90 Å². The monoisotopic (exact) mass is 362 g/mol. The van der Waals surface area contributed by atoms with E-state index in [0.29, 0.717) is 5.75 Å². The van der Waals surface area contributed by atoms with Gasteiger partial charge in [-0.2, -0.15) is 8.78 Å². The van der Waals surface area contributed by atoms with Gasteiger partial charge >= 0.3 is 6.61 Å². The first kappa shape index (κ1) is 18.5. The van der Waals surface area contributed by atoms with Gasteiger partial charge in [0, 0.05) is 38.4 Å². The lowest BCUT2D eigenvalue weighted by molar-refractivity contribution is -0.0512. The van der Waals surface area contributed by atoms with E-state index in [2.05, 4.69) is 45.7 Å². The van der Waals surface area contributed by atoms with Gasteiger partial charge in [-0.25, -0.2) is 0 Å². The Morgan fingerprint density at radius 3 is 2.42 bits per heavy atom. The van der Waals surface area contributed by atoms with Crippen LogP contribution in [0.1, 0.15) is 11.1 Å². The standard InChI is InChI=1S/C20H24F2N2O2/c1-15-4-3-5-17(12-15)24-10-8-23(9-11-24)14-16-6-7-18(26-20(21)22)19(13-16)25-2/h3-7,12-13,20H,8-11,14H2,1-2H3. The molecule has 2 aromatic carbocycles. The summed E-state index contributed by atoms with van der Waals surface area (Å²) in [5.74, 6) is 0.400. The van der Waals surface area contributed by atoms with E-state index < -0.39 is 6.61 Å². The second-order valence-corrected chi connectivity index (χ2v) is 6.47. The van der Waals surface area contributed by atoms with Crippen LogP contribution >= 0.6 is 0 Å². The van der Waals surface area contributed by atoms with Crippen molar-refractivity contribution in [2.45, 2.75) is 20.1 Å². The van der Waals surface area contributed by atoms with Crippen LogP contribution in [-0.2, 0) is 6.54 Å². The van der Waals surface area contributed by atoms with Crippen LogP contribution in [0.15, 0.2) is 42.5 Å². The summed E-state index contributed by atoms with van der Waals surface area (Å²) >= 11 is 0. The van der Waals surface area contributed by atoms with Crippen LogP contribution in [0.4, 0.5) is 14.5 Å². The summed E-state index contributed by atoms with van der Waals surface area (Å²) in [6.45, 7) is 3.84. The summed E-state index contributed by atoms with van der Waals surface area (Å²) in [5, 5.41) is 0. The van der Waals surface area contributed by atoms with Crippen molar-refractivity contribution in [3.8, 4) is 11.5 Å². The number of rotatable bonds is 6. The van der Waals surface area contributed by atoms with Crippen molar-refractivity contribution in [2.75, 3.05) is 38.2 Å². The van der Waals surface area contributed by atoms with Crippen molar-refractivity contribution in [1.82, 2.24) is 4.90 Å². The van der Waals surface area contributed by atoms with Gasteiger partial charge in [0.1, 0.15) is 0 Å². The van der Waals surface area contributed by atoms with Gasteiger partial charge in [-0.05, 0) is 42.3 Å². The summed E-state index contributed by atoms with van der Waals surface area (Å²) in [4.78, 5) is 4.75. The lowest BCUT2D eigenvalue weighted by Gasteiger charge is -2.36. The zero-order chi connectivity index (χ0) is 18.5. The molecule has 26 heavy (non-hydrogen) atoms. The fraction of sp³-hybridized carbons (Fsp3) is 0.400. The average Bonchev–Trinajstić information content (AvgIpc) is 2.63. The van der Waals surface area contributed by atoms with Crippen molar-refractivity contribution in [2.24, 2.45) is 0 Å². The van der Waals surface area contributed by atoms with Crippen molar-refractivity contribution >= 4 is 5.69 Å². The van der Waals surface area contributed by atoms with Crippen molar-refractivity contribution in [3.63, 3.8) is 0 Å². The van der Waals surface area contributed by atoms with Crippen LogP contribution in [0.5, 0.6) is 11.5 Å². The summed E-state index contributed by atoms with van der Waals surface area (Å²) < 4.78 is 34.5. The molecule has 140 valence electrons. The molecule has 0 radical (unpaired) electrons. The quantitative estimate of drug-likeness (QED) is 0.777. The third kappa shape index (κ3) is 4.64. The second-order valence-electron chi connectivity index (χ2n) is 6.47. The maximum absolute atomic E-state index is 12.4. The molecular weight excluding hydrogens is 338 g/mol. The molecule has 0 aliphatic carbocycles. The van der Waals surface area contributed by atoms with Gasteiger partial charge < -0.3 is 14.4 Å². The van der Waals surface area contributed by atoms with Crippen molar-refractivity contribution in [3.05, 3.63) is 53.6 Å². The minimum Gasteiger partial charge on any atom is -0.493 e. The van der Waals surface area contributed by atoms with E-state index in [0.717, 1.165) is 38.3 Å². The molecular formula is C20H24F2N2O2. The van der Waals surface area contributed by atoms with Crippen LogP contribution in [0, 0.1) is 6.92 Å². The fourth-order valence-corrected chi connectivity index (χ4v) is 3.25. The molecule has 1 aliphatic rings. The number of hydrogen-bond donors (Lipinski definition) is 0. The maximum Gasteiger partial charge on any atom is 0.387 e. The maximum atomic E-state index is 12.4. The minimum absolute atomic E-state index is 0.0653. The van der Waals surface area contributed by atoms with Crippen LogP contribution in [0.3, 0.4) is 0 Å². The average molecular weight is 362 g/mol. The molecule has 0 spiro atoms. The largest absolute Gasteiger partial charge is 0.493 e. The van der Waals surface area contributed by atoms with Gasteiger partial charge in [0.05, 0.1) is 7.11 Å². The Balaban J connectivity index is 1.59. The summed E-state index contributed by atoms with van der Waals surface area (Å²) in [6, 6.07) is 13.7. The third-order valence-corrected chi connectivity index (χ3v) is 4.59. The highest BCUT2D eigenvalue weighted by molar-refractivity contribution is 5.49. The fourth-order valence-electron chi connectivity index (χ4n) is 3.25. The summed E-state index contributed by atoms with van der Waals surface area (Å²) in [6.07, 6.45) is 0. The molecule has 0 atom stereocenters. The highest BCUT2D eigenvalue weighted by Gasteiger charge is 2.18. The van der Waals surface area contributed by atoms with Gasteiger partial charge in [0.25, 0.3) is 0 Å². The van der Waals surface area contributed by atoms with Crippen LogP contribution in [0.25, 0.3) is 0 Å². The first-order chi connectivity index (χ1) is 12.5. The van der Waals surface area contributed by atoms with Crippen molar-refractivity contribution < 1.29 is 18.3 Å². The molecule has 4 nitrogen and oxygen atoms in total. The molecule has 0 saturated carbocycles. The Labute approximate surface area is 152 Å². The highest BCUT2D eigenvalue weighted by Crippen LogP contribution is 2.30. The van der Waals surface area contributed by atoms with E-state index >= 15 is 0 Å². The third-order valence-electron chi connectivity index (χ3n) is 4.59. The van der Waals surface area contributed by atoms with E-state index in [1.807, 2.05) is 6.07 Å². The van der Waals surface area contributed by atoms with E-state index in [1.54, 1.807) is 12.1 Å². The number of ether oxygens (including phenoxy) is 2. The van der Waals surface area contributed by atoms with E-state index in [-0.39, 0.29) is 5.75 Å². The molecule has 0 amide bonds. The number of alkyl halides is 2. The Kier molecular flexibility index (Phi) is 5.93. The van der Waals surface area contributed by atoms with Crippen LogP contribution in [0.2, 0.25) is 0 Å². The Bertz CT molecular complexity index is 732. The smallest absolute Gasteiger partial charge is 0.387 e. The molecule has 6 heteroatoms. The molecule has 0 aromatic heterocycles. The Morgan fingerprint density at radius 1 is 1.00 bits per heavy atom. The number of hydrogen-bond acceptors (Lipinski definition) is 4. The number of anilines is 1. The number of nitrogens with zero attached hydrogens (tertiary/aromatic N) is 2. The van der Waals surface area contributed by atoms with Crippen LogP contribution in [-0.4, -0.2) is 44.8 Å². The first-order valence-corrected chi connectivity index (χ1v) is 8.71. The number of methoxy groups -OCH3 is 1. The van der Waals surface area contributed by atoms with Gasteiger partial charge in [0.2, 0.25) is 0 Å². The normalized spacial score (nSPS) is 15.3. The zero-order valence-corrected chi connectivity index (χ0v) is 15.1. The number of aryl methyl sites for hydroxylation is 1. The van der Waals surface area contributed by atoms with Gasteiger partial charge in [-0.15, -0.1) is 0 Å². The molecule has 2 aromatic rings. The molecule has 0 bridgehead atoms. The van der Waals surface area contributed by atoms with Crippen molar-refractivity contribution in [1.29, 1.82) is 0 Å². The predicted molar refractivity (Wildman–Crippen MR) is 98.3 cm³/mol. The lowest BCUT2D eigenvalue weighted by Crippen LogP contribution is -2.45. The second kappa shape index (κ2) is 8.36. The van der Waals surface area contributed by atoms with Gasteiger partial charge in [-0.1, -0.05) is 18.2 Å². The molecule has 0 N–H and O–H groups in total. The lowest BCUT2D eigenvalue weighted by atomic mass is 10.1. The number of benzene rings is 2. The first-order valence-electron chi connectivity index (χ1n) is 8.71. The SMILES string of the molecule is COc1cc(CN2CCN(c3cccc(C)c3)CC2)ccc1OC(F)F. The number of halogens is 2.